The number of aromatic nitrogens is 1. The second kappa shape index (κ2) is 6.85. The molecule has 0 atom stereocenters. The molecule has 0 unspecified atom stereocenters. The normalized spacial score (nSPS) is 11.5. The first-order chi connectivity index (χ1) is 10.1. The first-order valence-electron chi connectivity index (χ1n) is 6.29. The summed E-state index contributed by atoms with van der Waals surface area (Å²) in [4.78, 5) is 6.14. The summed E-state index contributed by atoms with van der Waals surface area (Å²) in [7, 11) is -3.68. The lowest BCUT2D eigenvalue weighted by Gasteiger charge is -2.05. The maximum absolute atomic E-state index is 12.0. The van der Waals surface area contributed by atoms with Crippen molar-refractivity contribution in [2.75, 3.05) is 6.61 Å². The van der Waals surface area contributed by atoms with E-state index in [1.807, 2.05) is 6.92 Å². The van der Waals surface area contributed by atoms with Gasteiger partial charge in [-0.25, -0.2) is 4.83 Å². The summed E-state index contributed by atoms with van der Waals surface area (Å²) >= 11 is 0. The zero-order valence-corrected chi connectivity index (χ0v) is 12.2. The zero-order valence-electron chi connectivity index (χ0n) is 11.4. The van der Waals surface area contributed by atoms with Crippen molar-refractivity contribution in [1.82, 2.24) is 9.82 Å². The molecule has 110 valence electrons. The van der Waals surface area contributed by atoms with Gasteiger partial charge in [0.05, 0.1) is 17.7 Å². The van der Waals surface area contributed by atoms with Gasteiger partial charge >= 0.3 is 0 Å². The zero-order chi connectivity index (χ0) is 15.1. The van der Waals surface area contributed by atoms with E-state index in [0.717, 1.165) is 5.56 Å². The van der Waals surface area contributed by atoms with Crippen molar-refractivity contribution >= 4 is 16.2 Å². The number of sulfonamides is 1. The topological polar surface area (TPSA) is 80.7 Å². The molecule has 0 spiro atoms. The number of benzene rings is 1. The van der Waals surface area contributed by atoms with Gasteiger partial charge in [-0.3, -0.25) is 4.98 Å². The van der Waals surface area contributed by atoms with Crippen molar-refractivity contribution in [3.05, 3.63) is 54.4 Å². The molecule has 0 saturated heterocycles. The number of hydrogen-bond donors (Lipinski definition) is 1. The van der Waals surface area contributed by atoms with Crippen molar-refractivity contribution in [2.24, 2.45) is 5.10 Å². The Morgan fingerprint density at radius 3 is 2.48 bits per heavy atom. The molecular weight excluding hydrogens is 290 g/mol. The largest absolute Gasteiger partial charge is 0.494 e. The number of nitrogens with zero attached hydrogens (tertiary/aromatic N) is 2. The number of pyridine rings is 1. The van der Waals surface area contributed by atoms with Crippen LogP contribution in [0.25, 0.3) is 0 Å². The van der Waals surface area contributed by atoms with Gasteiger partial charge in [-0.2, -0.15) is 13.5 Å². The molecule has 0 aliphatic carbocycles. The summed E-state index contributed by atoms with van der Waals surface area (Å²) in [5.41, 5.74) is 0.749. The van der Waals surface area contributed by atoms with E-state index in [-0.39, 0.29) is 4.90 Å². The second-order valence-electron chi connectivity index (χ2n) is 4.04. The Balaban J connectivity index is 2.06. The van der Waals surface area contributed by atoms with Crippen LogP contribution in [-0.2, 0) is 10.0 Å². The number of hydrogen-bond acceptors (Lipinski definition) is 5. The monoisotopic (exact) mass is 305 g/mol. The maximum atomic E-state index is 12.0. The highest BCUT2D eigenvalue weighted by Crippen LogP contribution is 2.15. The molecule has 0 aliphatic heterocycles. The Hall–Kier alpha value is -2.41. The average Bonchev–Trinajstić information content (AvgIpc) is 2.49. The van der Waals surface area contributed by atoms with Gasteiger partial charge in [0, 0.05) is 12.4 Å². The smallest absolute Gasteiger partial charge is 0.276 e. The molecule has 21 heavy (non-hydrogen) atoms. The van der Waals surface area contributed by atoms with Crippen LogP contribution in [0.1, 0.15) is 12.5 Å². The summed E-state index contributed by atoms with van der Waals surface area (Å²) < 4.78 is 29.3. The molecule has 1 N–H and O–H groups in total. The fourth-order valence-electron chi connectivity index (χ4n) is 1.55. The lowest BCUT2D eigenvalue weighted by molar-refractivity contribution is 0.340. The molecule has 0 saturated carbocycles. The predicted molar refractivity (Wildman–Crippen MR) is 79.8 cm³/mol. The molecule has 0 bridgehead atoms. The number of ether oxygens (including phenoxy) is 1. The molecule has 1 aromatic carbocycles. The highest BCUT2D eigenvalue weighted by atomic mass is 32.2. The van der Waals surface area contributed by atoms with Crippen molar-refractivity contribution < 1.29 is 13.2 Å². The summed E-state index contributed by atoms with van der Waals surface area (Å²) in [6.07, 6.45) is 4.61. The minimum absolute atomic E-state index is 0.123. The standard InChI is InChI=1S/C14H15N3O3S/c1-2-20-13-3-5-14(6-4-13)21(18,19)17-16-11-12-7-9-15-10-8-12/h3-11,17H,2H2,1H3. The minimum atomic E-state index is -3.68. The van der Waals surface area contributed by atoms with Crippen LogP contribution in [0, 0.1) is 0 Å². The number of rotatable bonds is 6. The molecule has 0 aliphatic rings. The number of hydrazone groups is 1. The van der Waals surface area contributed by atoms with Gasteiger partial charge in [0.1, 0.15) is 5.75 Å². The average molecular weight is 305 g/mol. The first kappa shape index (κ1) is 15.0. The van der Waals surface area contributed by atoms with Crippen LogP contribution in [0.4, 0.5) is 0 Å². The molecule has 0 fully saturated rings. The van der Waals surface area contributed by atoms with E-state index >= 15 is 0 Å². The molecule has 0 amide bonds. The molecule has 0 radical (unpaired) electrons. The molecule has 1 aromatic heterocycles. The third-order valence-corrected chi connectivity index (χ3v) is 3.78. The van der Waals surface area contributed by atoms with E-state index < -0.39 is 10.0 Å². The van der Waals surface area contributed by atoms with Gasteiger partial charge in [-0.15, -0.1) is 0 Å². The van der Waals surface area contributed by atoms with Gasteiger partial charge in [0.2, 0.25) is 0 Å². The van der Waals surface area contributed by atoms with Gasteiger partial charge in [-0.05, 0) is 48.9 Å². The lowest BCUT2D eigenvalue weighted by atomic mass is 10.3. The fraction of sp³-hybridized carbons (Fsp3) is 0.143. The third-order valence-electron chi connectivity index (χ3n) is 2.54. The Labute approximate surface area is 123 Å². The third kappa shape index (κ3) is 4.28. The van der Waals surface area contributed by atoms with E-state index in [2.05, 4.69) is 14.9 Å². The Morgan fingerprint density at radius 2 is 1.86 bits per heavy atom. The predicted octanol–water partition coefficient (Wildman–Crippen LogP) is 1.79. The molecule has 2 aromatic rings. The summed E-state index contributed by atoms with van der Waals surface area (Å²) in [5, 5.41) is 3.73. The van der Waals surface area contributed by atoms with E-state index in [1.54, 1.807) is 36.7 Å². The highest BCUT2D eigenvalue weighted by Gasteiger charge is 2.12. The van der Waals surface area contributed by atoms with Crippen LogP contribution in [0.2, 0.25) is 0 Å². The van der Waals surface area contributed by atoms with Crippen LogP contribution >= 0.6 is 0 Å². The Morgan fingerprint density at radius 1 is 1.19 bits per heavy atom. The molecular formula is C14H15N3O3S. The first-order valence-corrected chi connectivity index (χ1v) is 7.78. The highest BCUT2D eigenvalue weighted by molar-refractivity contribution is 7.89. The van der Waals surface area contributed by atoms with Crippen LogP contribution in [0.5, 0.6) is 5.75 Å². The molecule has 2 rings (SSSR count). The van der Waals surface area contributed by atoms with Gasteiger partial charge in [0.15, 0.2) is 0 Å². The second-order valence-corrected chi connectivity index (χ2v) is 5.70. The Kier molecular flexibility index (Phi) is 4.89. The SMILES string of the molecule is CCOc1ccc(S(=O)(=O)NN=Cc2ccncc2)cc1. The van der Waals surface area contributed by atoms with Crippen LogP contribution in [-0.4, -0.2) is 26.2 Å². The van der Waals surface area contributed by atoms with Crippen LogP contribution < -0.4 is 9.57 Å². The van der Waals surface area contributed by atoms with Gasteiger partial charge in [-0.1, -0.05) is 0 Å². The molecule has 6 nitrogen and oxygen atoms in total. The van der Waals surface area contributed by atoms with Gasteiger partial charge < -0.3 is 4.74 Å². The Bertz CT molecular complexity index is 698. The summed E-state index contributed by atoms with van der Waals surface area (Å²) in [5.74, 6) is 0.622. The minimum Gasteiger partial charge on any atom is -0.494 e. The van der Waals surface area contributed by atoms with E-state index in [1.165, 1.54) is 18.3 Å². The quantitative estimate of drug-likeness (QED) is 0.652. The van der Waals surface area contributed by atoms with Crippen molar-refractivity contribution in [3.63, 3.8) is 0 Å². The summed E-state index contributed by atoms with van der Waals surface area (Å²) in [6.45, 7) is 2.39. The number of nitrogens with one attached hydrogen (secondary N) is 1. The van der Waals surface area contributed by atoms with Crippen molar-refractivity contribution in [1.29, 1.82) is 0 Å². The van der Waals surface area contributed by atoms with Crippen molar-refractivity contribution in [2.45, 2.75) is 11.8 Å². The van der Waals surface area contributed by atoms with Crippen molar-refractivity contribution in [3.8, 4) is 5.75 Å². The van der Waals surface area contributed by atoms with Gasteiger partial charge in [0.25, 0.3) is 10.0 Å². The molecule has 7 heteroatoms. The van der Waals surface area contributed by atoms with Crippen LogP contribution in [0.15, 0.2) is 58.8 Å². The van der Waals surface area contributed by atoms with Crippen LogP contribution in [0.3, 0.4) is 0 Å². The van der Waals surface area contributed by atoms with E-state index in [9.17, 15) is 8.42 Å². The lowest BCUT2D eigenvalue weighted by Crippen LogP contribution is -2.18. The molecule has 1 heterocycles. The van der Waals surface area contributed by atoms with E-state index in [4.69, 9.17) is 4.74 Å². The summed E-state index contributed by atoms with van der Waals surface area (Å²) in [6, 6.07) is 9.57. The maximum Gasteiger partial charge on any atom is 0.276 e. The fourth-order valence-corrected chi connectivity index (χ4v) is 2.35. The van der Waals surface area contributed by atoms with E-state index in [0.29, 0.717) is 12.4 Å².